The van der Waals surface area contributed by atoms with Crippen molar-refractivity contribution >= 4 is 29.3 Å². The summed E-state index contributed by atoms with van der Waals surface area (Å²) < 4.78 is 5.09. The predicted octanol–water partition coefficient (Wildman–Crippen LogP) is 2.36. The lowest BCUT2D eigenvalue weighted by atomic mass is 10.1. The van der Waals surface area contributed by atoms with Crippen LogP contribution in [-0.2, 0) is 0 Å². The number of carbonyl (C=O) groups is 1. The minimum atomic E-state index is -0.973. The van der Waals surface area contributed by atoms with Crippen LogP contribution in [-0.4, -0.2) is 23.2 Å². The summed E-state index contributed by atoms with van der Waals surface area (Å²) in [4.78, 5) is 15.0. The smallest absolute Gasteiger partial charge is 0.335 e. The van der Waals surface area contributed by atoms with Crippen molar-refractivity contribution in [3.8, 4) is 5.75 Å². The van der Waals surface area contributed by atoms with Gasteiger partial charge in [0.25, 0.3) is 0 Å². The molecule has 1 heterocycles. The molecule has 0 unspecified atom stereocenters. The van der Waals surface area contributed by atoms with E-state index in [0.717, 1.165) is 5.39 Å². The van der Waals surface area contributed by atoms with Crippen molar-refractivity contribution in [2.75, 3.05) is 7.11 Å². The molecular formula is C11H10ClNO3. The number of rotatable bonds is 2. The minimum Gasteiger partial charge on any atom is -0.494 e. The number of carboxylic acid groups (broad SMARTS) is 1. The zero-order chi connectivity index (χ0) is 10.8. The Labute approximate surface area is 98.3 Å². The Bertz CT molecular complexity index is 528. The van der Waals surface area contributed by atoms with Crippen LogP contribution < -0.4 is 4.74 Å². The Morgan fingerprint density at radius 3 is 2.81 bits per heavy atom. The molecular weight excluding hydrogens is 230 g/mol. The van der Waals surface area contributed by atoms with Gasteiger partial charge in [0.05, 0.1) is 12.7 Å². The lowest BCUT2D eigenvalue weighted by Gasteiger charge is -2.05. The minimum absolute atomic E-state index is 0. The number of nitrogens with zero attached hydrogens (tertiary/aromatic N) is 1. The Kier molecular flexibility index (Phi) is 3.68. The van der Waals surface area contributed by atoms with Crippen LogP contribution >= 0.6 is 12.4 Å². The summed E-state index contributed by atoms with van der Waals surface area (Å²) in [5.41, 5.74) is 0.873. The second-order valence-corrected chi connectivity index (χ2v) is 3.06. The van der Waals surface area contributed by atoms with Gasteiger partial charge >= 0.3 is 5.97 Å². The number of hydrogen-bond donors (Lipinski definition) is 1. The first-order valence-corrected chi connectivity index (χ1v) is 4.38. The second kappa shape index (κ2) is 4.81. The molecule has 0 atom stereocenters. The van der Waals surface area contributed by atoms with Crippen molar-refractivity contribution in [1.82, 2.24) is 4.98 Å². The number of aromatic nitrogens is 1. The number of aromatic carboxylic acids is 1. The summed E-state index contributed by atoms with van der Waals surface area (Å²) in [6.07, 6.45) is 1.64. The number of hydrogen-bond acceptors (Lipinski definition) is 3. The molecule has 0 fully saturated rings. The lowest BCUT2D eigenvalue weighted by Crippen LogP contribution is -1.98. The number of methoxy groups -OCH3 is 1. The first-order valence-electron chi connectivity index (χ1n) is 4.38. The molecule has 0 aliphatic heterocycles. The predicted molar refractivity (Wildman–Crippen MR) is 62.5 cm³/mol. The van der Waals surface area contributed by atoms with Crippen molar-refractivity contribution in [1.29, 1.82) is 0 Å². The van der Waals surface area contributed by atoms with Crippen LogP contribution in [0.4, 0.5) is 0 Å². The topological polar surface area (TPSA) is 59.4 Å². The van der Waals surface area contributed by atoms with Crippen LogP contribution in [0.15, 0.2) is 30.5 Å². The van der Waals surface area contributed by atoms with Crippen LogP contribution in [0, 0.1) is 0 Å². The molecule has 0 saturated carbocycles. The molecule has 16 heavy (non-hydrogen) atoms. The number of benzene rings is 1. The van der Waals surface area contributed by atoms with Crippen LogP contribution in [0.5, 0.6) is 5.75 Å². The highest BCUT2D eigenvalue weighted by molar-refractivity contribution is 5.95. The van der Waals surface area contributed by atoms with Crippen LogP contribution in [0.3, 0.4) is 0 Å². The van der Waals surface area contributed by atoms with Gasteiger partial charge in [0, 0.05) is 11.6 Å². The van der Waals surface area contributed by atoms with Gasteiger partial charge in [-0.05, 0) is 18.2 Å². The molecule has 0 bridgehead atoms. The third-order valence-electron chi connectivity index (χ3n) is 2.14. The van der Waals surface area contributed by atoms with Gasteiger partial charge in [-0.15, -0.1) is 12.4 Å². The van der Waals surface area contributed by atoms with E-state index < -0.39 is 5.97 Å². The molecule has 0 aliphatic rings. The van der Waals surface area contributed by atoms with Gasteiger partial charge in [0.1, 0.15) is 11.3 Å². The maximum absolute atomic E-state index is 10.8. The quantitative estimate of drug-likeness (QED) is 0.874. The molecule has 0 spiro atoms. The third-order valence-corrected chi connectivity index (χ3v) is 2.14. The molecule has 0 radical (unpaired) electrons. The van der Waals surface area contributed by atoms with Crippen molar-refractivity contribution in [3.05, 3.63) is 36.0 Å². The normalized spacial score (nSPS) is 9.56. The van der Waals surface area contributed by atoms with E-state index >= 15 is 0 Å². The number of halogens is 1. The molecule has 0 amide bonds. The van der Waals surface area contributed by atoms with Crippen molar-refractivity contribution < 1.29 is 14.6 Å². The van der Waals surface area contributed by atoms with Gasteiger partial charge < -0.3 is 9.84 Å². The fourth-order valence-electron chi connectivity index (χ4n) is 1.44. The summed E-state index contributed by atoms with van der Waals surface area (Å²) >= 11 is 0. The largest absolute Gasteiger partial charge is 0.494 e. The molecule has 5 heteroatoms. The van der Waals surface area contributed by atoms with Crippen LogP contribution in [0.25, 0.3) is 10.9 Å². The third kappa shape index (κ3) is 2.06. The van der Waals surface area contributed by atoms with E-state index in [-0.39, 0.29) is 18.0 Å². The van der Waals surface area contributed by atoms with Crippen LogP contribution in [0.2, 0.25) is 0 Å². The summed E-state index contributed by atoms with van der Waals surface area (Å²) in [6, 6.07) is 6.61. The highest BCUT2D eigenvalue weighted by Gasteiger charge is 2.09. The van der Waals surface area contributed by atoms with Gasteiger partial charge in [-0.3, -0.25) is 4.98 Å². The standard InChI is InChI=1S/C11H9NO3.ClH/c1-15-9-6-8(11(13)14)5-7-3-2-4-12-10(7)9;/h2-6H,1H3,(H,13,14);1H. The van der Waals surface area contributed by atoms with E-state index in [4.69, 9.17) is 9.84 Å². The zero-order valence-electron chi connectivity index (χ0n) is 8.51. The monoisotopic (exact) mass is 239 g/mol. The number of fused-ring (bicyclic) bond motifs is 1. The molecule has 2 rings (SSSR count). The summed E-state index contributed by atoms with van der Waals surface area (Å²) in [6.45, 7) is 0. The first-order chi connectivity index (χ1) is 7.22. The Balaban J connectivity index is 0.00000128. The highest BCUT2D eigenvalue weighted by Crippen LogP contribution is 2.25. The van der Waals surface area contributed by atoms with Crippen molar-refractivity contribution in [3.63, 3.8) is 0 Å². The highest BCUT2D eigenvalue weighted by atomic mass is 35.5. The molecule has 4 nitrogen and oxygen atoms in total. The van der Waals surface area contributed by atoms with Gasteiger partial charge in [-0.2, -0.15) is 0 Å². The average Bonchev–Trinajstić information content (AvgIpc) is 2.27. The molecule has 0 aliphatic carbocycles. The van der Waals surface area contributed by atoms with Gasteiger partial charge in [-0.1, -0.05) is 6.07 Å². The second-order valence-electron chi connectivity index (χ2n) is 3.06. The number of carboxylic acids is 1. The number of pyridine rings is 1. The van der Waals surface area contributed by atoms with Crippen molar-refractivity contribution in [2.45, 2.75) is 0 Å². The molecule has 84 valence electrons. The fourth-order valence-corrected chi connectivity index (χ4v) is 1.44. The molecule has 1 aromatic heterocycles. The van der Waals surface area contributed by atoms with Gasteiger partial charge in [0.2, 0.25) is 0 Å². The van der Waals surface area contributed by atoms with Gasteiger partial charge in [-0.25, -0.2) is 4.79 Å². The SMILES string of the molecule is COc1cc(C(=O)O)cc2cccnc12.Cl. The summed E-state index contributed by atoms with van der Waals surface area (Å²) in [5.74, 6) is -0.496. The molecule has 1 aromatic carbocycles. The molecule has 1 N–H and O–H groups in total. The Hall–Kier alpha value is -1.81. The van der Waals surface area contributed by atoms with E-state index in [1.807, 2.05) is 0 Å². The van der Waals surface area contributed by atoms with E-state index in [0.29, 0.717) is 11.3 Å². The number of ether oxygens (including phenoxy) is 1. The first kappa shape index (κ1) is 12.3. The van der Waals surface area contributed by atoms with E-state index in [9.17, 15) is 4.79 Å². The molecule has 2 aromatic rings. The van der Waals surface area contributed by atoms with Crippen molar-refractivity contribution in [2.24, 2.45) is 0 Å². The Morgan fingerprint density at radius 2 is 2.19 bits per heavy atom. The van der Waals surface area contributed by atoms with E-state index in [2.05, 4.69) is 4.98 Å². The zero-order valence-corrected chi connectivity index (χ0v) is 9.32. The van der Waals surface area contributed by atoms with Gasteiger partial charge in [0.15, 0.2) is 0 Å². The summed E-state index contributed by atoms with van der Waals surface area (Å²) in [7, 11) is 1.50. The maximum atomic E-state index is 10.8. The fraction of sp³-hybridized carbons (Fsp3) is 0.0909. The Morgan fingerprint density at radius 1 is 1.44 bits per heavy atom. The van der Waals surface area contributed by atoms with E-state index in [1.165, 1.54) is 13.2 Å². The summed E-state index contributed by atoms with van der Waals surface area (Å²) in [5, 5.41) is 9.65. The average molecular weight is 240 g/mol. The van der Waals surface area contributed by atoms with Crippen LogP contribution in [0.1, 0.15) is 10.4 Å². The lowest BCUT2D eigenvalue weighted by molar-refractivity contribution is 0.0696. The maximum Gasteiger partial charge on any atom is 0.335 e. The van der Waals surface area contributed by atoms with E-state index in [1.54, 1.807) is 24.4 Å². The molecule has 0 saturated heterocycles.